The Balaban J connectivity index is 1.74. The van der Waals surface area contributed by atoms with E-state index in [1.807, 2.05) is 12.3 Å². The number of aromatic nitrogens is 1. The third-order valence-corrected chi connectivity index (χ3v) is 5.04. The second-order valence-electron chi connectivity index (χ2n) is 5.56. The first-order valence-corrected chi connectivity index (χ1v) is 8.24. The number of aryl methyl sites for hydroxylation is 1. The molecule has 2 fully saturated rings. The van der Waals surface area contributed by atoms with Gasteiger partial charge in [0, 0.05) is 17.6 Å². The molecule has 1 aromatic heterocycles. The number of imide groups is 1. The van der Waals surface area contributed by atoms with Crippen molar-refractivity contribution in [2.45, 2.75) is 32.2 Å². The molecule has 3 rings (SSSR count). The number of nitrogens with zero attached hydrogens (tertiary/aromatic N) is 3. The molecule has 0 aromatic carbocycles. The molecule has 0 spiro atoms. The number of hydrogen-bond donors (Lipinski definition) is 1. The Labute approximate surface area is 132 Å². The standard InChI is InChI=1S/C14H18N4O3S/c1-9-8-22-13(16-9)10-4-2-3-5-17(10)12(20)7-18-11(19)6-15-14(18)21/h8,10H,2-7H2,1H3,(H,15,21)/t10-/m1/s1. The Hall–Kier alpha value is -1.96. The van der Waals surface area contributed by atoms with Gasteiger partial charge in [-0.2, -0.15) is 0 Å². The smallest absolute Gasteiger partial charge is 0.325 e. The largest absolute Gasteiger partial charge is 0.332 e. The number of carbonyl (C=O) groups excluding carboxylic acids is 3. The Morgan fingerprint density at radius 3 is 2.91 bits per heavy atom. The van der Waals surface area contributed by atoms with Gasteiger partial charge < -0.3 is 10.2 Å². The molecule has 2 aliphatic rings. The van der Waals surface area contributed by atoms with E-state index in [1.54, 1.807) is 16.2 Å². The van der Waals surface area contributed by atoms with E-state index in [9.17, 15) is 14.4 Å². The maximum Gasteiger partial charge on any atom is 0.325 e. The van der Waals surface area contributed by atoms with Crippen molar-refractivity contribution in [1.29, 1.82) is 0 Å². The van der Waals surface area contributed by atoms with Crippen molar-refractivity contribution in [3.63, 3.8) is 0 Å². The highest BCUT2D eigenvalue weighted by molar-refractivity contribution is 7.09. The number of likely N-dealkylation sites (tertiary alicyclic amines) is 1. The van der Waals surface area contributed by atoms with Gasteiger partial charge >= 0.3 is 6.03 Å². The molecule has 0 bridgehead atoms. The molecule has 1 atom stereocenters. The van der Waals surface area contributed by atoms with E-state index >= 15 is 0 Å². The summed E-state index contributed by atoms with van der Waals surface area (Å²) < 4.78 is 0. The average molecular weight is 322 g/mol. The molecule has 0 saturated carbocycles. The third-order valence-electron chi connectivity index (χ3n) is 3.98. The quantitative estimate of drug-likeness (QED) is 0.844. The van der Waals surface area contributed by atoms with Crippen LogP contribution in [0.1, 0.15) is 36.0 Å². The molecular weight excluding hydrogens is 304 g/mol. The lowest BCUT2D eigenvalue weighted by Gasteiger charge is -2.35. The van der Waals surface area contributed by atoms with Crippen LogP contribution in [0.25, 0.3) is 0 Å². The Kier molecular flexibility index (Phi) is 4.10. The topological polar surface area (TPSA) is 82.6 Å². The highest BCUT2D eigenvalue weighted by Gasteiger charge is 2.35. The molecule has 2 aliphatic heterocycles. The summed E-state index contributed by atoms with van der Waals surface area (Å²) in [5.41, 5.74) is 0.951. The van der Waals surface area contributed by atoms with Crippen LogP contribution in [0.3, 0.4) is 0 Å². The number of rotatable bonds is 3. The van der Waals surface area contributed by atoms with Gasteiger partial charge in [0.25, 0.3) is 5.91 Å². The zero-order valence-electron chi connectivity index (χ0n) is 12.4. The number of nitrogens with one attached hydrogen (secondary N) is 1. The fourth-order valence-electron chi connectivity index (χ4n) is 2.85. The molecule has 0 unspecified atom stereocenters. The minimum atomic E-state index is -0.489. The lowest BCUT2D eigenvalue weighted by molar-refractivity contribution is -0.139. The highest BCUT2D eigenvalue weighted by Crippen LogP contribution is 2.32. The van der Waals surface area contributed by atoms with Gasteiger partial charge in [-0.15, -0.1) is 11.3 Å². The predicted octanol–water partition coefficient (Wildman–Crippen LogP) is 1.06. The molecule has 1 aromatic rings. The van der Waals surface area contributed by atoms with Crippen LogP contribution >= 0.6 is 11.3 Å². The van der Waals surface area contributed by atoms with E-state index < -0.39 is 6.03 Å². The Bertz CT molecular complexity index is 599. The monoisotopic (exact) mass is 322 g/mol. The fraction of sp³-hybridized carbons (Fsp3) is 0.571. The minimum absolute atomic E-state index is 0.0266. The summed E-state index contributed by atoms with van der Waals surface area (Å²) in [4.78, 5) is 43.0. The summed E-state index contributed by atoms with van der Waals surface area (Å²) in [5, 5.41) is 5.34. The summed E-state index contributed by atoms with van der Waals surface area (Å²) in [6.07, 6.45) is 2.86. The molecule has 0 aliphatic carbocycles. The third kappa shape index (κ3) is 2.83. The second kappa shape index (κ2) is 6.04. The van der Waals surface area contributed by atoms with Gasteiger partial charge in [-0.3, -0.25) is 14.5 Å². The Morgan fingerprint density at radius 2 is 2.27 bits per heavy atom. The van der Waals surface area contributed by atoms with Crippen molar-refractivity contribution < 1.29 is 14.4 Å². The Morgan fingerprint density at radius 1 is 1.45 bits per heavy atom. The molecule has 118 valence electrons. The first-order valence-electron chi connectivity index (χ1n) is 7.36. The average Bonchev–Trinajstić information content (AvgIpc) is 3.08. The first kappa shape index (κ1) is 15.0. The van der Waals surface area contributed by atoms with Gasteiger partial charge in [0.1, 0.15) is 11.6 Å². The predicted molar refractivity (Wildman–Crippen MR) is 80.3 cm³/mol. The number of urea groups is 1. The molecule has 4 amide bonds. The number of carbonyl (C=O) groups is 3. The lowest BCUT2D eigenvalue weighted by atomic mass is 10.0. The number of hydrogen-bond acceptors (Lipinski definition) is 5. The molecule has 3 heterocycles. The van der Waals surface area contributed by atoms with Crippen molar-refractivity contribution >= 4 is 29.2 Å². The van der Waals surface area contributed by atoms with Gasteiger partial charge in [-0.05, 0) is 26.2 Å². The van der Waals surface area contributed by atoms with Gasteiger partial charge in [-0.25, -0.2) is 9.78 Å². The van der Waals surface area contributed by atoms with Crippen LogP contribution < -0.4 is 5.32 Å². The van der Waals surface area contributed by atoms with Gasteiger partial charge in [-0.1, -0.05) is 0 Å². The number of amides is 4. The van der Waals surface area contributed by atoms with Gasteiger partial charge in [0.05, 0.1) is 12.6 Å². The van der Waals surface area contributed by atoms with Crippen LogP contribution in [0.15, 0.2) is 5.38 Å². The van der Waals surface area contributed by atoms with Crippen molar-refractivity contribution in [2.75, 3.05) is 19.6 Å². The molecule has 2 saturated heterocycles. The van der Waals surface area contributed by atoms with E-state index in [0.717, 1.165) is 34.9 Å². The summed E-state index contributed by atoms with van der Waals surface area (Å²) in [7, 11) is 0. The zero-order chi connectivity index (χ0) is 15.7. The van der Waals surface area contributed by atoms with Crippen LogP contribution in [0.5, 0.6) is 0 Å². The first-order chi connectivity index (χ1) is 10.6. The summed E-state index contributed by atoms with van der Waals surface area (Å²) >= 11 is 1.56. The summed E-state index contributed by atoms with van der Waals surface area (Å²) in [5.74, 6) is -0.542. The summed E-state index contributed by atoms with van der Waals surface area (Å²) in [6, 6.07) is -0.530. The zero-order valence-corrected chi connectivity index (χ0v) is 13.2. The van der Waals surface area contributed by atoms with Crippen LogP contribution in [-0.2, 0) is 9.59 Å². The number of thiazole rings is 1. The molecule has 7 nitrogen and oxygen atoms in total. The SMILES string of the molecule is Cc1csc([C@H]2CCCCN2C(=O)CN2C(=O)CNC2=O)n1. The molecule has 1 N–H and O–H groups in total. The van der Waals surface area contributed by atoms with E-state index in [1.165, 1.54) is 0 Å². The molecule has 8 heteroatoms. The van der Waals surface area contributed by atoms with Gasteiger partial charge in [0.15, 0.2) is 0 Å². The van der Waals surface area contributed by atoms with Crippen molar-refractivity contribution in [1.82, 2.24) is 20.1 Å². The van der Waals surface area contributed by atoms with Crippen LogP contribution in [-0.4, -0.2) is 52.3 Å². The van der Waals surface area contributed by atoms with Crippen molar-refractivity contribution in [3.8, 4) is 0 Å². The normalized spacial score (nSPS) is 22.1. The second-order valence-corrected chi connectivity index (χ2v) is 6.45. The summed E-state index contributed by atoms with van der Waals surface area (Å²) in [6.45, 7) is 2.36. The molecular formula is C14H18N4O3S. The molecule has 22 heavy (non-hydrogen) atoms. The van der Waals surface area contributed by atoms with E-state index in [-0.39, 0.29) is 30.9 Å². The van der Waals surface area contributed by atoms with Crippen molar-refractivity contribution in [3.05, 3.63) is 16.1 Å². The van der Waals surface area contributed by atoms with Gasteiger partial charge in [0.2, 0.25) is 5.91 Å². The van der Waals surface area contributed by atoms with Crippen LogP contribution in [0.2, 0.25) is 0 Å². The van der Waals surface area contributed by atoms with E-state index in [0.29, 0.717) is 6.54 Å². The van der Waals surface area contributed by atoms with E-state index in [2.05, 4.69) is 10.3 Å². The molecule has 0 radical (unpaired) electrons. The highest BCUT2D eigenvalue weighted by atomic mass is 32.1. The minimum Gasteiger partial charge on any atom is -0.332 e. The maximum absolute atomic E-state index is 12.6. The van der Waals surface area contributed by atoms with Crippen LogP contribution in [0, 0.1) is 6.92 Å². The lowest BCUT2D eigenvalue weighted by Crippen LogP contribution is -2.46. The fourth-order valence-corrected chi connectivity index (χ4v) is 3.80. The van der Waals surface area contributed by atoms with Crippen LogP contribution in [0.4, 0.5) is 4.79 Å². The van der Waals surface area contributed by atoms with E-state index in [4.69, 9.17) is 0 Å². The van der Waals surface area contributed by atoms with Crippen molar-refractivity contribution in [2.24, 2.45) is 0 Å². The number of piperidine rings is 1. The maximum atomic E-state index is 12.6.